The molecule has 0 spiro atoms. The van der Waals surface area contributed by atoms with Crippen LogP contribution in [0.4, 0.5) is 0 Å². The number of ether oxygens (including phenoxy) is 1. The Morgan fingerprint density at radius 2 is 2.00 bits per heavy atom. The molecule has 84 valence electrons. The lowest BCUT2D eigenvalue weighted by Gasteiger charge is -1.99. The van der Waals surface area contributed by atoms with Gasteiger partial charge in [0, 0.05) is 5.56 Å². The van der Waals surface area contributed by atoms with Gasteiger partial charge < -0.3 is 9.94 Å². The maximum Gasteiger partial charge on any atom is 0.401 e. The van der Waals surface area contributed by atoms with E-state index in [0.717, 1.165) is 4.74 Å². The predicted octanol–water partition coefficient (Wildman–Crippen LogP) is 0.287. The molecule has 6 heteroatoms. The van der Waals surface area contributed by atoms with Gasteiger partial charge in [0.2, 0.25) is 0 Å². The van der Waals surface area contributed by atoms with Gasteiger partial charge in [0.1, 0.15) is 12.8 Å². The number of aromatic nitrogens is 2. The molecule has 0 aliphatic rings. The van der Waals surface area contributed by atoms with Gasteiger partial charge in [-0.3, -0.25) is 4.63 Å². The zero-order valence-electron chi connectivity index (χ0n) is 8.84. The van der Waals surface area contributed by atoms with E-state index >= 15 is 0 Å². The second-order valence-electron chi connectivity index (χ2n) is 3.22. The fourth-order valence-corrected chi connectivity index (χ4v) is 1.39. The van der Waals surface area contributed by atoms with Gasteiger partial charge in [-0.05, 0) is 29.2 Å². The third-order valence-electron chi connectivity index (χ3n) is 2.23. The molecule has 1 aromatic carbocycles. The van der Waals surface area contributed by atoms with E-state index in [-0.39, 0.29) is 10.6 Å². The van der Waals surface area contributed by atoms with Crippen molar-refractivity contribution in [2.45, 2.75) is 0 Å². The first-order chi connectivity index (χ1) is 7.63. The van der Waals surface area contributed by atoms with Crippen molar-refractivity contribution in [1.82, 2.24) is 4.74 Å². The predicted molar refractivity (Wildman–Crippen MR) is 54.9 cm³/mol. The minimum atomic E-state index is -0.472. The number of methoxy groups -OCH3 is 1. The van der Waals surface area contributed by atoms with Crippen molar-refractivity contribution in [1.29, 1.82) is 0 Å². The Bertz CT molecular complexity index is 553. The SMILES string of the molecule is COc1ccc(-c2c(=O)n(C)o[n+]2[O-])cc1. The normalized spacial score (nSPS) is 10.4. The molecule has 0 aliphatic carbocycles. The molecule has 0 amide bonds. The van der Waals surface area contributed by atoms with Crippen LogP contribution in [0.5, 0.6) is 5.75 Å². The lowest BCUT2D eigenvalue weighted by Crippen LogP contribution is -2.27. The van der Waals surface area contributed by atoms with Gasteiger partial charge in [0.05, 0.1) is 7.11 Å². The molecule has 1 aromatic heterocycles. The molecular formula is C10H10N2O4. The van der Waals surface area contributed by atoms with Crippen molar-refractivity contribution in [3.8, 4) is 17.0 Å². The molecule has 16 heavy (non-hydrogen) atoms. The first kappa shape index (κ1) is 10.3. The molecule has 0 saturated carbocycles. The monoisotopic (exact) mass is 222 g/mol. The van der Waals surface area contributed by atoms with Crippen molar-refractivity contribution in [2.24, 2.45) is 7.05 Å². The zero-order chi connectivity index (χ0) is 11.7. The average molecular weight is 222 g/mol. The molecule has 0 atom stereocenters. The molecule has 0 aliphatic heterocycles. The van der Waals surface area contributed by atoms with E-state index in [1.165, 1.54) is 7.05 Å². The number of rotatable bonds is 2. The topological polar surface area (TPSA) is 71.3 Å². The third kappa shape index (κ3) is 1.54. The van der Waals surface area contributed by atoms with E-state index in [1.54, 1.807) is 31.4 Å². The van der Waals surface area contributed by atoms with Crippen molar-refractivity contribution in [2.75, 3.05) is 7.11 Å². The Morgan fingerprint density at radius 1 is 1.38 bits per heavy atom. The Hall–Kier alpha value is -2.24. The molecule has 0 fully saturated rings. The smallest absolute Gasteiger partial charge is 0.401 e. The number of benzene rings is 1. The fraction of sp³-hybridized carbons (Fsp3) is 0.200. The Balaban J connectivity index is 2.54. The molecule has 0 radical (unpaired) electrons. The lowest BCUT2D eigenvalue weighted by molar-refractivity contribution is -0.798. The third-order valence-corrected chi connectivity index (χ3v) is 2.23. The molecule has 2 rings (SSSR count). The standard InChI is InChI=1S/C10H10N2O4/c1-11-10(13)9(12(14)16-11)7-3-5-8(15-2)6-4-7/h3-6H,1-2H3. The second-order valence-corrected chi connectivity index (χ2v) is 3.22. The van der Waals surface area contributed by atoms with E-state index in [1.807, 2.05) is 0 Å². The number of aryl methyl sites for hydroxylation is 1. The lowest BCUT2D eigenvalue weighted by atomic mass is 10.1. The van der Waals surface area contributed by atoms with E-state index in [4.69, 9.17) is 4.74 Å². The highest BCUT2D eigenvalue weighted by Gasteiger charge is 2.18. The maximum absolute atomic E-state index is 11.6. The zero-order valence-corrected chi connectivity index (χ0v) is 8.84. The molecule has 0 saturated heterocycles. The minimum Gasteiger partial charge on any atom is -0.497 e. The van der Waals surface area contributed by atoms with Crippen LogP contribution in [0.3, 0.4) is 0 Å². The molecule has 2 aromatic rings. The molecule has 1 heterocycles. The summed E-state index contributed by atoms with van der Waals surface area (Å²) in [6, 6.07) is 6.59. The van der Waals surface area contributed by atoms with Gasteiger partial charge in [-0.15, -0.1) is 4.74 Å². The van der Waals surface area contributed by atoms with Gasteiger partial charge in [-0.2, -0.15) is 0 Å². The maximum atomic E-state index is 11.6. The first-order valence-corrected chi connectivity index (χ1v) is 4.58. The first-order valence-electron chi connectivity index (χ1n) is 4.58. The van der Waals surface area contributed by atoms with Gasteiger partial charge in [0.15, 0.2) is 0 Å². The van der Waals surface area contributed by atoms with Crippen LogP contribution in [0.2, 0.25) is 0 Å². The quantitative estimate of drug-likeness (QED) is 0.684. The minimum absolute atomic E-state index is 0.0369. The number of hydrogen-bond donors (Lipinski definition) is 0. The highest BCUT2D eigenvalue weighted by molar-refractivity contribution is 5.56. The summed E-state index contributed by atoms with van der Waals surface area (Å²) in [4.78, 5) is 11.8. The largest absolute Gasteiger partial charge is 0.497 e. The second kappa shape index (κ2) is 3.73. The van der Waals surface area contributed by atoms with E-state index in [9.17, 15) is 10.0 Å². The van der Waals surface area contributed by atoms with E-state index in [0.29, 0.717) is 11.3 Å². The highest BCUT2D eigenvalue weighted by Crippen LogP contribution is 2.17. The fourth-order valence-electron chi connectivity index (χ4n) is 1.39. The Kier molecular flexibility index (Phi) is 2.40. The Labute approximate surface area is 90.8 Å². The van der Waals surface area contributed by atoms with Crippen LogP contribution < -0.4 is 15.2 Å². The van der Waals surface area contributed by atoms with Gasteiger partial charge in [0.25, 0.3) is 5.69 Å². The van der Waals surface area contributed by atoms with Crippen molar-refractivity contribution >= 4 is 0 Å². The number of hydrogen-bond acceptors (Lipinski definition) is 4. The summed E-state index contributed by atoms with van der Waals surface area (Å²) in [6.45, 7) is 0. The van der Waals surface area contributed by atoms with Crippen molar-refractivity contribution in [3.05, 3.63) is 39.8 Å². The average Bonchev–Trinajstić information content (AvgIpc) is 2.54. The molecule has 0 bridgehead atoms. The van der Waals surface area contributed by atoms with E-state index < -0.39 is 5.56 Å². The van der Waals surface area contributed by atoms with Crippen LogP contribution in [-0.4, -0.2) is 11.8 Å². The number of nitrogens with zero attached hydrogens (tertiary/aromatic N) is 2. The molecule has 0 N–H and O–H groups in total. The highest BCUT2D eigenvalue weighted by atomic mass is 16.8. The van der Waals surface area contributed by atoms with Crippen molar-refractivity contribution < 1.29 is 14.3 Å². The van der Waals surface area contributed by atoms with Gasteiger partial charge in [-0.1, -0.05) is 0 Å². The van der Waals surface area contributed by atoms with Gasteiger partial charge in [-0.25, -0.2) is 4.79 Å². The summed E-state index contributed by atoms with van der Waals surface area (Å²) in [7, 11) is 2.92. The van der Waals surface area contributed by atoms with Crippen LogP contribution in [0, 0.1) is 5.21 Å². The summed E-state index contributed by atoms with van der Waals surface area (Å²) in [6.07, 6.45) is 0. The van der Waals surface area contributed by atoms with Crippen LogP contribution in [-0.2, 0) is 7.05 Å². The van der Waals surface area contributed by atoms with Crippen molar-refractivity contribution in [3.63, 3.8) is 0 Å². The summed E-state index contributed by atoms with van der Waals surface area (Å²) in [5.74, 6) is 0.654. The van der Waals surface area contributed by atoms with Crippen LogP contribution >= 0.6 is 0 Å². The summed E-state index contributed by atoms with van der Waals surface area (Å²) < 4.78 is 10.5. The van der Waals surface area contributed by atoms with Crippen LogP contribution in [0.1, 0.15) is 0 Å². The summed E-state index contributed by atoms with van der Waals surface area (Å²) >= 11 is 0. The van der Waals surface area contributed by atoms with E-state index in [2.05, 4.69) is 4.63 Å². The molecule has 0 unspecified atom stereocenters. The molecular weight excluding hydrogens is 212 g/mol. The van der Waals surface area contributed by atoms with Gasteiger partial charge >= 0.3 is 5.56 Å². The van der Waals surface area contributed by atoms with Crippen LogP contribution in [0.15, 0.2) is 33.7 Å². The molecule has 6 nitrogen and oxygen atoms in total. The van der Waals surface area contributed by atoms with Crippen LogP contribution in [0.25, 0.3) is 11.3 Å². The summed E-state index contributed by atoms with van der Waals surface area (Å²) in [5.41, 5.74) is -0.0181. The summed E-state index contributed by atoms with van der Waals surface area (Å²) in [5, 5.41) is 11.3. The Morgan fingerprint density at radius 3 is 2.44 bits per heavy atom.